The van der Waals surface area contributed by atoms with Crippen LogP contribution in [0.25, 0.3) is 0 Å². The molecule has 1 aliphatic rings. The fourth-order valence-electron chi connectivity index (χ4n) is 1.84. The lowest BCUT2D eigenvalue weighted by Crippen LogP contribution is -2.43. The number of nitrogens with one attached hydrogen (secondary N) is 1. The summed E-state index contributed by atoms with van der Waals surface area (Å²) in [5.74, 6) is -0.0580. The van der Waals surface area contributed by atoms with Crippen molar-refractivity contribution in [2.45, 2.75) is 32.4 Å². The predicted octanol–water partition coefficient (Wildman–Crippen LogP) is 0.770. The van der Waals surface area contributed by atoms with Crippen molar-refractivity contribution in [1.82, 2.24) is 15.2 Å². The van der Waals surface area contributed by atoms with Gasteiger partial charge < -0.3 is 10.2 Å². The minimum Gasteiger partial charge on any atom is -0.344 e. The lowest BCUT2D eigenvalue weighted by Gasteiger charge is -2.22. The molecule has 92 valence electrons. The first kappa shape index (κ1) is 12.0. The van der Waals surface area contributed by atoms with Crippen LogP contribution in [-0.4, -0.2) is 34.3 Å². The molecule has 2 amide bonds. The summed E-state index contributed by atoms with van der Waals surface area (Å²) in [4.78, 5) is 29.5. The lowest BCUT2D eigenvalue weighted by molar-refractivity contribution is -0.134. The molecular weight excluding hydrogens is 238 g/mol. The number of hydrogen-bond acceptors (Lipinski definition) is 4. The molecular formula is C11H15N3O2S. The van der Waals surface area contributed by atoms with Crippen molar-refractivity contribution in [2.75, 3.05) is 6.54 Å². The van der Waals surface area contributed by atoms with Gasteiger partial charge in [0.05, 0.1) is 17.7 Å². The second kappa shape index (κ2) is 5.27. The molecule has 0 saturated carbocycles. The zero-order valence-electron chi connectivity index (χ0n) is 9.68. The first-order valence-electron chi connectivity index (χ1n) is 5.66. The first-order chi connectivity index (χ1) is 8.20. The number of rotatable bonds is 3. The van der Waals surface area contributed by atoms with Gasteiger partial charge in [-0.05, 0) is 6.42 Å². The van der Waals surface area contributed by atoms with Gasteiger partial charge in [-0.25, -0.2) is 4.98 Å². The van der Waals surface area contributed by atoms with E-state index in [-0.39, 0.29) is 17.9 Å². The summed E-state index contributed by atoms with van der Waals surface area (Å²) in [6, 6.07) is -0.386. The van der Waals surface area contributed by atoms with Gasteiger partial charge in [0.25, 0.3) is 0 Å². The Bertz CT molecular complexity index is 405. The van der Waals surface area contributed by atoms with Crippen LogP contribution in [0.1, 0.15) is 25.5 Å². The Morgan fingerprint density at radius 2 is 2.41 bits per heavy atom. The quantitative estimate of drug-likeness (QED) is 0.865. The smallest absolute Gasteiger partial charge is 0.245 e. The van der Waals surface area contributed by atoms with E-state index in [0.717, 1.165) is 5.69 Å². The van der Waals surface area contributed by atoms with E-state index in [2.05, 4.69) is 10.3 Å². The van der Waals surface area contributed by atoms with Gasteiger partial charge in [0, 0.05) is 18.3 Å². The molecule has 6 heteroatoms. The summed E-state index contributed by atoms with van der Waals surface area (Å²) in [5.41, 5.74) is 2.63. The van der Waals surface area contributed by atoms with E-state index in [1.807, 2.05) is 12.3 Å². The molecule has 1 fully saturated rings. The van der Waals surface area contributed by atoms with Gasteiger partial charge in [-0.3, -0.25) is 9.59 Å². The zero-order chi connectivity index (χ0) is 12.3. The molecule has 1 aliphatic heterocycles. The van der Waals surface area contributed by atoms with Gasteiger partial charge in [0.2, 0.25) is 11.8 Å². The number of nitrogens with zero attached hydrogens (tertiary/aromatic N) is 2. The molecule has 1 N–H and O–H groups in total. The van der Waals surface area contributed by atoms with Crippen molar-refractivity contribution in [3.05, 3.63) is 16.6 Å². The molecule has 1 aromatic rings. The molecule has 1 atom stereocenters. The Labute approximate surface area is 104 Å². The number of thiazole rings is 1. The van der Waals surface area contributed by atoms with Crippen molar-refractivity contribution in [1.29, 1.82) is 0 Å². The SMILES string of the molecule is CCC1NC(=O)CCN(Cc2cscn2)C1=O. The number of carbonyl (C=O) groups is 2. The summed E-state index contributed by atoms with van der Waals surface area (Å²) in [6.07, 6.45) is 0.991. The van der Waals surface area contributed by atoms with Crippen LogP contribution in [0.3, 0.4) is 0 Å². The highest BCUT2D eigenvalue weighted by atomic mass is 32.1. The van der Waals surface area contributed by atoms with Crippen molar-refractivity contribution in [2.24, 2.45) is 0 Å². The maximum atomic E-state index is 12.1. The van der Waals surface area contributed by atoms with E-state index >= 15 is 0 Å². The molecule has 1 unspecified atom stereocenters. The summed E-state index contributed by atoms with van der Waals surface area (Å²) < 4.78 is 0. The standard InChI is InChI=1S/C11H15N3O2S/c1-2-9-11(16)14(4-3-10(15)13-9)5-8-6-17-7-12-8/h6-7,9H,2-5H2,1H3,(H,13,15). The van der Waals surface area contributed by atoms with E-state index in [9.17, 15) is 9.59 Å². The van der Waals surface area contributed by atoms with Crippen LogP contribution in [0.5, 0.6) is 0 Å². The van der Waals surface area contributed by atoms with Crippen LogP contribution in [0.15, 0.2) is 10.9 Å². The number of amides is 2. The summed E-state index contributed by atoms with van der Waals surface area (Å²) in [5, 5.41) is 4.66. The van der Waals surface area contributed by atoms with Gasteiger partial charge in [0.1, 0.15) is 6.04 Å². The van der Waals surface area contributed by atoms with Gasteiger partial charge >= 0.3 is 0 Å². The molecule has 2 heterocycles. The van der Waals surface area contributed by atoms with Gasteiger partial charge in [-0.2, -0.15) is 0 Å². The van der Waals surface area contributed by atoms with E-state index in [1.165, 1.54) is 11.3 Å². The van der Waals surface area contributed by atoms with Crippen molar-refractivity contribution in [3.8, 4) is 0 Å². The molecule has 0 aliphatic carbocycles. The fraction of sp³-hybridized carbons (Fsp3) is 0.545. The van der Waals surface area contributed by atoms with Crippen molar-refractivity contribution >= 4 is 23.2 Å². The number of carbonyl (C=O) groups excluding carboxylic acids is 2. The second-order valence-electron chi connectivity index (χ2n) is 4.02. The number of aromatic nitrogens is 1. The Hall–Kier alpha value is -1.43. The van der Waals surface area contributed by atoms with Gasteiger partial charge in [-0.15, -0.1) is 11.3 Å². The maximum Gasteiger partial charge on any atom is 0.245 e. The molecule has 17 heavy (non-hydrogen) atoms. The van der Waals surface area contributed by atoms with Crippen molar-refractivity contribution < 1.29 is 9.59 Å². The minimum atomic E-state index is -0.386. The first-order valence-corrected chi connectivity index (χ1v) is 6.60. The average Bonchev–Trinajstić information content (AvgIpc) is 2.78. The van der Waals surface area contributed by atoms with Crippen LogP contribution >= 0.6 is 11.3 Å². The Morgan fingerprint density at radius 3 is 3.06 bits per heavy atom. The molecule has 1 aromatic heterocycles. The van der Waals surface area contributed by atoms with E-state index in [1.54, 1.807) is 10.4 Å². The topological polar surface area (TPSA) is 62.3 Å². The maximum absolute atomic E-state index is 12.1. The zero-order valence-corrected chi connectivity index (χ0v) is 10.5. The summed E-state index contributed by atoms with van der Waals surface area (Å²) in [6.45, 7) is 2.86. The molecule has 0 aromatic carbocycles. The molecule has 1 saturated heterocycles. The van der Waals surface area contributed by atoms with E-state index in [0.29, 0.717) is 25.9 Å². The lowest BCUT2D eigenvalue weighted by atomic mass is 10.2. The monoisotopic (exact) mass is 253 g/mol. The average molecular weight is 253 g/mol. The van der Waals surface area contributed by atoms with Crippen LogP contribution in [-0.2, 0) is 16.1 Å². The fourth-order valence-corrected chi connectivity index (χ4v) is 2.39. The van der Waals surface area contributed by atoms with Crippen LogP contribution in [0.2, 0.25) is 0 Å². The Balaban J connectivity index is 2.09. The van der Waals surface area contributed by atoms with Crippen LogP contribution in [0.4, 0.5) is 0 Å². The van der Waals surface area contributed by atoms with E-state index in [4.69, 9.17) is 0 Å². The number of hydrogen-bond donors (Lipinski definition) is 1. The van der Waals surface area contributed by atoms with E-state index < -0.39 is 0 Å². The third-order valence-corrected chi connectivity index (χ3v) is 3.43. The van der Waals surface area contributed by atoms with Gasteiger partial charge in [0.15, 0.2) is 0 Å². The molecule has 0 radical (unpaired) electrons. The summed E-state index contributed by atoms with van der Waals surface area (Å²) in [7, 11) is 0. The predicted molar refractivity (Wildman–Crippen MR) is 64.4 cm³/mol. The Kier molecular flexibility index (Phi) is 3.73. The van der Waals surface area contributed by atoms with Crippen LogP contribution in [0, 0.1) is 0 Å². The van der Waals surface area contributed by atoms with Gasteiger partial charge in [-0.1, -0.05) is 6.92 Å². The molecule has 5 nitrogen and oxygen atoms in total. The molecule has 2 rings (SSSR count). The third kappa shape index (κ3) is 2.82. The second-order valence-corrected chi connectivity index (χ2v) is 4.74. The molecule has 0 bridgehead atoms. The highest BCUT2D eigenvalue weighted by molar-refractivity contribution is 7.07. The summed E-state index contributed by atoms with van der Waals surface area (Å²) >= 11 is 1.51. The van der Waals surface area contributed by atoms with Crippen molar-refractivity contribution in [3.63, 3.8) is 0 Å². The Morgan fingerprint density at radius 1 is 1.59 bits per heavy atom. The molecule has 0 spiro atoms. The minimum absolute atomic E-state index is 0.00801. The highest BCUT2D eigenvalue weighted by Crippen LogP contribution is 2.11. The normalized spacial score (nSPS) is 21.2. The third-order valence-electron chi connectivity index (χ3n) is 2.80. The largest absolute Gasteiger partial charge is 0.344 e. The highest BCUT2D eigenvalue weighted by Gasteiger charge is 2.28. The van der Waals surface area contributed by atoms with Crippen LogP contribution < -0.4 is 5.32 Å².